The third-order valence-corrected chi connectivity index (χ3v) is 10.1. The molecule has 1 aliphatic heterocycles. The predicted molar refractivity (Wildman–Crippen MR) is 145 cm³/mol. The predicted octanol–water partition coefficient (Wildman–Crippen LogP) is 4.53. The van der Waals surface area contributed by atoms with Gasteiger partial charge in [0.2, 0.25) is 0 Å². The summed E-state index contributed by atoms with van der Waals surface area (Å²) in [6.07, 6.45) is 0.337. The van der Waals surface area contributed by atoms with Crippen LogP contribution in [0, 0.1) is 16.8 Å². The highest BCUT2D eigenvalue weighted by Crippen LogP contribution is 2.32. The van der Waals surface area contributed by atoms with Crippen molar-refractivity contribution < 1.29 is 35.0 Å². The number of anilines is 1. The first kappa shape index (κ1) is 29.2. The van der Waals surface area contributed by atoms with Gasteiger partial charge < -0.3 is 14.6 Å². The molecule has 0 N–H and O–H groups in total. The monoisotopic (exact) mass is 600 g/mol. The summed E-state index contributed by atoms with van der Waals surface area (Å²) in [4.78, 5) is -0.165. The van der Waals surface area contributed by atoms with Gasteiger partial charge in [-0.05, 0) is 42.5 Å². The Hall–Kier alpha value is -2.77. The van der Waals surface area contributed by atoms with Gasteiger partial charge in [-0.2, -0.15) is 0 Å². The lowest BCUT2D eigenvalue weighted by Crippen LogP contribution is -2.53. The van der Waals surface area contributed by atoms with Crippen molar-refractivity contribution in [2.45, 2.75) is 17.9 Å². The highest BCUT2D eigenvalue weighted by atomic mass is 35.5. The van der Waals surface area contributed by atoms with Crippen LogP contribution < -0.4 is 9.04 Å². The second-order valence-electron chi connectivity index (χ2n) is 9.25. The number of hydrogen-bond donors (Lipinski definition) is 0. The average molecular weight is 601 g/mol. The fourth-order valence-corrected chi connectivity index (χ4v) is 7.22. The van der Waals surface area contributed by atoms with Gasteiger partial charge in [0, 0.05) is 23.1 Å². The van der Waals surface area contributed by atoms with E-state index < -0.39 is 41.8 Å². The summed E-state index contributed by atoms with van der Waals surface area (Å²) in [7, 11) is -7.53. The van der Waals surface area contributed by atoms with E-state index in [-0.39, 0.29) is 49.2 Å². The first-order valence-corrected chi connectivity index (χ1v) is 15.7. The molecule has 1 saturated heterocycles. The minimum absolute atomic E-state index is 0.00433. The fraction of sp³-hybridized carbons (Fsp3) is 0.308. The summed E-state index contributed by atoms with van der Waals surface area (Å²) >= 11 is 5.90. The molecule has 0 saturated carbocycles. The summed E-state index contributed by atoms with van der Waals surface area (Å²) < 4.78 is 85.5. The highest BCUT2D eigenvalue weighted by Gasteiger charge is 2.30. The van der Waals surface area contributed by atoms with Gasteiger partial charge in [0.05, 0.1) is 54.9 Å². The van der Waals surface area contributed by atoms with Gasteiger partial charge in [0.25, 0.3) is 10.0 Å². The molecular weight excluding hydrogens is 574 g/mol. The third-order valence-electron chi connectivity index (χ3n) is 6.45. The Morgan fingerprint density at radius 3 is 2.36 bits per heavy atom. The molecule has 0 amide bonds. The maximum atomic E-state index is 14.8. The topological polar surface area (TPSA) is 104 Å². The summed E-state index contributed by atoms with van der Waals surface area (Å²) in [5, 5.41) is 13.1. The lowest BCUT2D eigenvalue weighted by molar-refractivity contribution is -0.877. The molecule has 13 heteroatoms. The molecule has 4 rings (SSSR count). The van der Waals surface area contributed by atoms with Crippen LogP contribution in [-0.2, 0) is 26.4 Å². The van der Waals surface area contributed by atoms with Crippen molar-refractivity contribution in [3.05, 3.63) is 94.2 Å². The van der Waals surface area contributed by atoms with Crippen LogP contribution in [0.1, 0.15) is 12.0 Å². The van der Waals surface area contributed by atoms with E-state index in [1.807, 2.05) is 0 Å². The van der Waals surface area contributed by atoms with Crippen LogP contribution in [-0.4, -0.2) is 59.2 Å². The van der Waals surface area contributed by atoms with Crippen molar-refractivity contribution in [2.24, 2.45) is 0 Å². The Morgan fingerprint density at radius 2 is 1.67 bits per heavy atom. The number of sulfone groups is 1. The molecule has 39 heavy (non-hydrogen) atoms. The third kappa shape index (κ3) is 7.25. The van der Waals surface area contributed by atoms with Crippen LogP contribution >= 0.6 is 11.6 Å². The van der Waals surface area contributed by atoms with E-state index in [1.165, 1.54) is 24.3 Å². The molecule has 3 aromatic carbocycles. The Bertz CT molecular complexity index is 1520. The molecule has 0 aliphatic carbocycles. The van der Waals surface area contributed by atoms with Crippen molar-refractivity contribution in [1.82, 2.24) is 0 Å². The zero-order chi connectivity index (χ0) is 28.3. The van der Waals surface area contributed by atoms with Crippen LogP contribution in [0.4, 0.5) is 14.5 Å². The molecule has 1 heterocycles. The number of halogens is 3. The molecule has 0 radical (unpaired) electrons. The van der Waals surface area contributed by atoms with Crippen molar-refractivity contribution in [3.63, 3.8) is 0 Å². The van der Waals surface area contributed by atoms with Gasteiger partial charge in [0.15, 0.2) is 9.84 Å². The molecule has 0 unspecified atom stereocenters. The van der Waals surface area contributed by atoms with Gasteiger partial charge in [0.1, 0.15) is 17.4 Å². The van der Waals surface area contributed by atoms with Crippen molar-refractivity contribution in [3.8, 4) is 5.75 Å². The number of ether oxygens (including phenoxy) is 1. The Kier molecular flexibility index (Phi) is 8.82. The molecule has 1 aliphatic rings. The minimum atomic E-state index is -4.36. The lowest BCUT2D eigenvalue weighted by atomic mass is 10.2. The molecule has 0 bridgehead atoms. The molecular formula is C26H27ClF2N2O6S2. The standard InChI is InChI=1S/C26H27ClF2N2O6S2/c27-21-6-9-23(10-7-21)39(35,36)30(25-18-22(28)8-11-24(25)29)19-20-4-1-2-5-26(20)37-15-3-12-31(32)13-16-38(33,34)17-14-31/h1-2,4-11,18H,3,12-17,19H2. The molecule has 210 valence electrons. The maximum absolute atomic E-state index is 14.8. The van der Waals surface area contributed by atoms with Crippen molar-refractivity contribution >= 4 is 37.1 Å². The molecule has 0 atom stereocenters. The van der Waals surface area contributed by atoms with E-state index in [4.69, 9.17) is 16.3 Å². The van der Waals surface area contributed by atoms with Gasteiger partial charge in [-0.25, -0.2) is 25.6 Å². The minimum Gasteiger partial charge on any atom is -0.633 e. The summed E-state index contributed by atoms with van der Waals surface area (Å²) in [5.74, 6) is -1.72. The fourth-order valence-electron chi connectivity index (χ4n) is 4.22. The second-order valence-corrected chi connectivity index (χ2v) is 13.9. The van der Waals surface area contributed by atoms with Gasteiger partial charge in [-0.1, -0.05) is 29.8 Å². The molecule has 3 aromatic rings. The first-order valence-electron chi connectivity index (χ1n) is 12.1. The van der Waals surface area contributed by atoms with E-state index in [0.29, 0.717) is 22.8 Å². The van der Waals surface area contributed by atoms with E-state index in [1.54, 1.807) is 24.3 Å². The summed E-state index contributed by atoms with van der Waals surface area (Å²) in [6, 6.07) is 14.4. The van der Waals surface area contributed by atoms with E-state index in [9.17, 15) is 30.8 Å². The smallest absolute Gasteiger partial charge is 0.264 e. The normalized spacial score (nSPS) is 16.5. The van der Waals surface area contributed by atoms with Gasteiger partial charge in [-0.15, -0.1) is 0 Å². The van der Waals surface area contributed by atoms with E-state index in [2.05, 4.69) is 0 Å². The molecule has 8 nitrogen and oxygen atoms in total. The average Bonchev–Trinajstić information content (AvgIpc) is 2.90. The van der Waals surface area contributed by atoms with Crippen LogP contribution in [0.25, 0.3) is 0 Å². The molecule has 0 aromatic heterocycles. The number of hydroxylamine groups is 3. The Morgan fingerprint density at radius 1 is 1.00 bits per heavy atom. The number of hydrogen-bond acceptors (Lipinski definition) is 6. The van der Waals surface area contributed by atoms with Crippen LogP contribution in [0.2, 0.25) is 5.02 Å². The number of nitrogens with zero attached hydrogens (tertiary/aromatic N) is 2. The Labute approximate surface area is 231 Å². The number of para-hydroxylation sites is 1. The molecule has 0 spiro atoms. The number of quaternary nitrogens is 1. The SMILES string of the molecule is O=S1(=O)CC[N+]([O-])(CCCOc2ccccc2CN(c2cc(F)ccc2F)S(=O)(=O)c2ccc(Cl)cc2)CC1. The molecule has 1 fully saturated rings. The quantitative estimate of drug-likeness (QED) is 0.192. The maximum Gasteiger partial charge on any atom is 0.264 e. The second kappa shape index (κ2) is 11.8. The van der Waals surface area contributed by atoms with E-state index in [0.717, 1.165) is 22.5 Å². The number of sulfonamides is 1. The summed E-state index contributed by atoms with van der Waals surface area (Å²) in [5.41, 5.74) is -0.0913. The zero-order valence-electron chi connectivity index (χ0n) is 20.8. The highest BCUT2D eigenvalue weighted by molar-refractivity contribution is 7.92. The first-order chi connectivity index (χ1) is 18.4. The summed E-state index contributed by atoms with van der Waals surface area (Å²) in [6.45, 7) is -0.0975. The van der Waals surface area contributed by atoms with Crippen LogP contribution in [0.5, 0.6) is 5.75 Å². The van der Waals surface area contributed by atoms with Gasteiger partial charge >= 0.3 is 0 Å². The van der Waals surface area contributed by atoms with E-state index >= 15 is 0 Å². The van der Waals surface area contributed by atoms with Crippen molar-refractivity contribution in [1.29, 1.82) is 0 Å². The van der Waals surface area contributed by atoms with Crippen molar-refractivity contribution in [2.75, 3.05) is 42.1 Å². The largest absolute Gasteiger partial charge is 0.633 e. The van der Waals surface area contributed by atoms with Gasteiger partial charge in [-0.3, -0.25) is 4.31 Å². The number of benzene rings is 3. The van der Waals surface area contributed by atoms with Crippen LogP contribution in [0.3, 0.4) is 0 Å². The Balaban J connectivity index is 1.55. The van der Waals surface area contributed by atoms with Crippen LogP contribution in [0.15, 0.2) is 71.6 Å². The zero-order valence-corrected chi connectivity index (χ0v) is 23.2. The lowest BCUT2D eigenvalue weighted by Gasteiger charge is -2.45. The number of rotatable bonds is 10.